The van der Waals surface area contributed by atoms with E-state index in [0.717, 1.165) is 56.4 Å². The van der Waals surface area contributed by atoms with Crippen molar-refractivity contribution in [3.8, 4) is 0 Å². The van der Waals surface area contributed by atoms with Crippen LogP contribution in [0.5, 0.6) is 0 Å². The summed E-state index contributed by atoms with van der Waals surface area (Å²) in [5.74, 6) is 0.985. The highest BCUT2D eigenvalue weighted by molar-refractivity contribution is 8.00. The molecule has 38 heavy (non-hydrogen) atoms. The number of anilines is 1. The van der Waals surface area contributed by atoms with Gasteiger partial charge in [0.1, 0.15) is 22.0 Å². The van der Waals surface area contributed by atoms with E-state index >= 15 is 0 Å². The molecule has 1 saturated heterocycles. The highest BCUT2D eigenvalue weighted by Crippen LogP contribution is 2.44. The number of Topliss-reactive ketones (excluding diaryl/α,β-unsaturated/α-hetero) is 1. The summed E-state index contributed by atoms with van der Waals surface area (Å²) in [5, 5.41) is 12.7. The smallest absolute Gasteiger partial charge is 0.269 e. The van der Waals surface area contributed by atoms with Crippen LogP contribution in [0.25, 0.3) is 20.4 Å². The van der Waals surface area contributed by atoms with Crippen LogP contribution in [0.15, 0.2) is 35.6 Å². The normalized spacial score (nSPS) is 17.1. The van der Waals surface area contributed by atoms with Gasteiger partial charge in [-0.15, -0.1) is 11.3 Å². The van der Waals surface area contributed by atoms with E-state index in [0.29, 0.717) is 25.4 Å². The van der Waals surface area contributed by atoms with Gasteiger partial charge in [0.2, 0.25) is 0 Å². The van der Waals surface area contributed by atoms with Crippen LogP contribution >= 0.6 is 23.1 Å². The second kappa shape index (κ2) is 9.84. The quantitative estimate of drug-likeness (QED) is 0.108. The number of hydrogen-bond donors (Lipinski definition) is 0. The molecule has 0 aliphatic carbocycles. The lowest BCUT2D eigenvalue weighted by Gasteiger charge is -2.36. The second-order valence-corrected chi connectivity index (χ2v) is 11.8. The van der Waals surface area contributed by atoms with Crippen LogP contribution in [0.4, 0.5) is 11.5 Å². The molecule has 12 heteroatoms. The molecule has 2 aliphatic rings. The number of thioether (sulfide) groups is 1. The van der Waals surface area contributed by atoms with E-state index in [1.165, 1.54) is 41.6 Å². The number of pyridine rings is 1. The Morgan fingerprint density at radius 2 is 1.95 bits per heavy atom. The molecule has 4 aromatic rings. The van der Waals surface area contributed by atoms with Crippen molar-refractivity contribution in [3.63, 3.8) is 0 Å². The molecule has 3 aromatic heterocycles. The maximum atomic E-state index is 12.8. The van der Waals surface area contributed by atoms with Crippen molar-refractivity contribution in [1.29, 1.82) is 0 Å². The first-order chi connectivity index (χ1) is 18.3. The minimum Gasteiger partial charge on any atom is -0.378 e. The van der Waals surface area contributed by atoms with Crippen LogP contribution in [-0.4, -0.2) is 63.3 Å². The molecular formula is C26H25N5O5S2. The van der Waals surface area contributed by atoms with Crippen LogP contribution < -0.4 is 4.90 Å². The fourth-order valence-corrected chi connectivity index (χ4v) is 7.02. The number of hydrogen-bond acceptors (Lipinski definition) is 11. The van der Waals surface area contributed by atoms with E-state index in [4.69, 9.17) is 14.5 Å². The predicted molar refractivity (Wildman–Crippen MR) is 146 cm³/mol. The fraction of sp³-hybridized carbons (Fsp3) is 0.385. The lowest BCUT2D eigenvalue weighted by atomic mass is 9.90. The van der Waals surface area contributed by atoms with Gasteiger partial charge in [0.25, 0.3) is 5.69 Å². The first-order valence-corrected chi connectivity index (χ1v) is 14.1. The maximum absolute atomic E-state index is 12.8. The van der Waals surface area contributed by atoms with E-state index in [-0.39, 0.29) is 22.8 Å². The van der Waals surface area contributed by atoms with Gasteiger partial charge < -0.3 is 14.4 Å². The number of carbonyl (C=O) groups is 1. The van der Waals surface area contributed by atoms with E-state index in [1.807, 2.05) is 0 Å². The molecule has 0 radical (unpaired) electrons. The summed E-state index contributed by atoms with van der Waals surface area (Å²) in [5.41, 5.74) is 3.26. The van der Waals surface area contributed by atoms with E-state index in [1.54, 1.807) is 17.7 Å². The Balaban J connectivity index is 1.38. The number of benzene rings is 1. The molecule has 5 heterocycles. The number of rotatable bonds is 6. The van der Waals surface area contributed by atoms with Crippen LogP contribution in [0, 0.1) is 10.1 Å². The number of nitro benzene ring substituents is 1. The summed E-state index contributed by atoms with van der Waals surface area (Å²) >= 11 is 2.89. The fourth-order valence-electron chi connectivity index (χ4n) is 4.89. The Hall–Kier alpha value is -3.19. The van der Waals surface area contributed by atoms with Gasteiger partial charge in [0.05, 0.1) is 46.3 Å². The monoisotopic (exact) mass is 551 g/mol. The van der Waals surface area contributed by atoms with Crippen LogP contribution in [0.1, 0.15) is 35.3 Å². The maximum Gasteiger partial charge on any atom is 0.269 e. The van der Waals surface area contributed by atoms with Crippen LogP contribution in [0.3, 0.4) is 0 Å². The molecule has 0 N–H and O–H groups in total. The van der Waals surface area contributed by atoms with Gasteiger partial charge in [0.15, 0.2) is 5.78 Å². The molecule has 1 aromatic carbocycles. The van der Waals surface area contributed by atoms with Gasteiger partial charge >= 0.3 is 0 Å². The van der Waals surface area contributed by atoms with Gasteiger partial charge in [-0.1, -0.05) is 11.8 Å². The van der Waals surface area contributed by atoms with Crippen molar-refractivity contribution in [2.75, 3.05) is 37.0 Å². The van der Waals surface area contributed by atoms with E-state index in [2.05, 4.69) is 28.7 Å². The zero-order chi connectivity index (χ0) is 26.4. The SMILES string of the molecule is CC1(C)Cc2c(c(N3CCOCC3)nc3sc4c(SCC(=O)c5ccc([N+](=O)[O-])cc5)ncnc4c23)CO1. The van der Waals surface area contributed by atoms with Crippen molar-refractivity contribution in [3.05, 3.63) is 57.4 Å². The Morgan fingerprint density at radius 1 is 1.18 bits per heavy atom. The molecule has 0 atom stereocenters. The molecule has 1 fully saturated rings. The number of non-ortho nitro benzene ring substituents is 1. The van der Waals surface area contributed by atoms with Gasteiger partial charge in [-0.3, -0.25) is 14.9 Å². The van der Waals surface area contributed by atoms with Crippen molar-refractivity contribution < 1.29 is 19.2 Å². The molecule has 196 valence electrons. The minimum absolute atomic E-state index is 0.0437. The number of nitro groups is 1. The van der Waals surface area contributed by atoms with Gasteiger partial charge in [-0.2, -0.15) is 0 Å². The zero-order valence-corrected chi connectivity index (χ0v) is 22.6. The summed E-state index contributed by atoms with van der Waals surface area (Å²) < 4.78 is 12.7. The average Bonchev–Trinajstić information content (AvgIpc) is 3.30. The number of carbonyl (C=O) groups excluding carboxylic acids is 1. The number of thiophene rings is 1. The Morgan fingerprint density at radius 3 is 2.68 bits per heavy atom. The molecule has 0 spiro atoms. The summed E-state index contributed by atoms with van der Waals surface area (Å²) in [6.07, 6.45) is 2.29. The topological polar surface area (TPSA) is 121 Å². The molecule has 2 aliphatic heterocycles. The lowest BCUT2D eigenvalue weighted by molar-refractivity contribution is -0.384. The molecule has 6 rings (SSSR count). The summed E-state index contributed by atoms with van der Waals surface area (Å²) in [6, 6.07) is 5.67. The standard InChI is InChI=1S/C26H25N5O5S2/c1-26(2)11-17-18(12-36-26)23(30-7-9-35-10-8-30)29-24-20(17)21-22(38-24)25(28-14-27-21)37-13-19(32)15-3-5-16(6-4-15)31(33)34/h3-6,14H,7-13H2,1-2H3. The molecule has 0 unspecified atom stereocenters. The van der Waals surface area contributed by atoms with Gasteiger partial charge in [-0.25, -0.2) is 15.0 Å². The molecule has 10 nitrogen and oxygen atoms in total. The number of nitrogens with zero attached hydrogens (tertiary/aromatic N) is 5. The number of morpholine rings is 1. The van der Waals surface area contributed by atoms with Crippen molar-refractivity contribution in [1.82, 2.24) is 15.0 Å². The Labute approximate surface area is 226 Å². The third-order valence-electron chi connectivity index (χ3n) is 6.82. The van der Waals surface area contributed by atoms with Crippen LogP contribution in [0.2, 0.25) is 0 Å². The van der Waals surface area contributed by atoms with E-state index < -0.39 is 4.92 Å². The summed E-state index contributed by atoms with van der Waals surface area (Å²) in [7, 11) is 0. The Bertz CT molecular complexity index is 1560. The number of ether oxygens (including phenoxy) is 2. The van der Waals surface area contributed by atoms with Crippen molar-refractivity contribution in [2.24, 2.45) is 0 Å². The lowest BCUT2D eigenvalue weighted by Crippen LogP contribution is -2.39. The average molecular weight is 552 g/mol. The third kappa shape index (κ3) is 4.62. The second-order valence-electron chi connectivity index (χ2n) is 9.87. The molecule has 0 saturated carbocycles. The summed E-state index contributed by atoms with van der Waals surface area (Å²) in [4.78, 5) is 40.7. The summed E-state index contributed by atoms with van der Waals surface area (Å²) in [6.45, 7) is 7.60. The predicted octanol–water partition coefficient (Wildman–Crippen LogP) is 4.81. The first kappa shape index (κ1) is 25.1. The Kier molecular flexibility index (Phi) is 6.50. The van der Waals surface area contributed by atoms with E-state index in [9.17, 15) is 14.9 Å². The number of fused-ring (bicyclic) bond motifs is 5. The van der Waals surface area contributed by atoms with Crippen LogP contribution in [-0.2, 0) is 22.5 Å². The number of aromatic nitrogens is 3. The minimum atomic E-state index is -0.480. The molecule has 0 bridgehead atoms. The molecular weight excluding hydrogens is 526 g/mol. The van der Waals surface area contributed by atoms with Gasteiger partial charge in [-0.05, 0) is 31.5 Å². The number of ketones is 1. The van der Waals surface area contributed by atoms with Crippen molar-refractivity contribution >= 4 is 60.8 Å². The first-order valence-electron chi connectivity index (χ1n) is 12.3. The van der Waals surface area contributed by atoms with Crippen molar-refractivity contribution in [2.45, 2.75) is 37.5 Å². The highest BCUT2D eigenvalue weighted by Gasteiger charge is 2.33. The van der Waals surface area contributed by atoms with Gasteiger partial charge in [0, 0.05) is 48.2 Å². The largest absolute Gasteiger partial charge is 0.378 e. The highest BCUT2D eigenvalue weighted by atomic mass is 32.2. The molecule has 0 amide bonds. The third-order valence-corrected chi connectivity index (χ3v) is 9.02. The zero-order valence-electron chi connectivity index (χ0n) is 20.9.